The molecule has 0 bridgehead atoms. The van der Waals surface area contributed by atoms with Crippen molar-refractivity contribution in [3.8, 4) is 0 Å². The van der Waals surface area contributed by atoms with Crippen LogP contribution in [0.15, 0.2) is 29.1 Å². The summed E-state index contributed by atoms with van der Waals surface area (Å²) in [4.78, 5) is 18.5. The van der Waals surface area contributed by atoms with Crippen LogP contribution in [0.1, 0.15) is 34.9 Å². The van der Waals surface area contributed by atoms with E-state index in [1.165, 1.54) is 23.5 Å². The number of nitrogens with zero attached hydrogens (tertiary/aromatic N) is 2. The van der Waals surface area contributed by atoms with Gasteiger partial charge in [0.15, 0.2) is 0 Å². The van der Waals surface area contributed by atoms with E-state index in [4.69, 9.17) is 11.6 Å². The average Bonchev–Trinajstić information content (AvgIpc) is 3.10. The molecule has 1 saturated heterocycles. The molecule has 1 unspecified atom stereocenters. The Morgan fingerprint density at radius 1 is 1.38 bits per heavy atom. The van der Waals surface area contributed by atoms with Crippen molar-refractivity contribution in [1.29, 1.82) is 0 Å². The van der Waals surface area contributed by atoms with Gasteiger partial charge in [0.25, 0.3) is 11.8 Å². The molecule has 0 radical (unpaired) electrons. The fraction of sp³-hybridized carbons (Fsp3) is 0.412. The normalized spacial score (nSPS) is 18.5. The third-order valence-corrected chi connectivity index (χ3v) is 5.33. The third kappa shape index (κ3) is 4.36. The first-order valence-electron chi connectivity index (χ1n) is 8.09. The second-order valence-corrected chi connectivity index (χ2v) is 7.25. The maximum absolute atomic E-state index is 13.9. The number of rotatable bonds is 5. The Bertz CT molecular complexity index is 742. The van der Waals surface area contributed by atoms with Crippen LogP contribution in [0, 0.1) is 5.82 Å². The van der Waals surface area contributed by atoms with Gasteiger partial charge in [-0.25, -0.2) is 18.2 Å². The first kappa shape index (κ1) is 19.1. The molecule has 1 fully saturated rings. The van der Waals surface area contributed by atoms with Gasteiger partial charge in [-0.1, -0.05) is 17.7 Å². The number of alkyl halides is 2. The van der Waals surface area contributed by atoms with Crippen molar-refractivity contribution >= 4 is 28.8 Å². The lowest BCUT2D eigenvalue weighted by Gasteiger charge is -2.36. The van der Waals surface area contributed by atoms with Crippen LogP contribution in [0.3, 0.4) is 0 Å². The van der Waals surface area contributed by atoms with Gasteiger partial charge < -0.3 is 5.32 Å². The molecule has 1 aliphatic rings. The zero-order valence-electron chi connectivity index (χ0n) is 13.7. The van der Waals surface area contributed by atoms with Gasteiger partial charge in [0.2, 0.25) is 0 Å². The summed E-state index contributed by atoms with van der Waals surface area (Å²) in [7, 11) is 0. The number of aromatic nitrogens is 1. The fourth-order valence-corrected chi connectivity index (χ4v) is 3.81. The van der Waals surface area contributed by atoms with Gasteiger partial charge in [-0.3, -0.25) is 9.69 Å². The lowest BCUT2D eigenvalue weighted by atomic mass is 10.0. The maximum atomic E-state index is 13.9. The number of likely N-dealkylation sites (tertiary alicyclic amines) is 1. The van der Waals surface area contributed by atoms with Crippen LogP contribution < -0.4 is 5.32 Å². The molecule has 0 saturated carbocycles. The number of hydrogen-bond donors (Lipinski definition) is 1. The predicted molar refractivity (Wildman–Crippen MR) is 94.4 cm³/mol. The smallest absolute Gasteiger partial charge is 0.255 e. The summed E-state index contributed by atoms with van der Waals surface area (Å²) in [5, 5.41) is 4.50. The number of carbonyl (C=O) groups excluding carboxylic acids is 1. The SMILES string of the molecule is O=C(NCC(c1cscn1)N1CCC(F)(F)CC1)c1c(F)cccc1Cl. The lowest BCUT2D eigenvalue weighted by molar-refractivity contribution is -0.0634. The van der Waals surface area contributed by atoms with Gasteiger partial charge in [-0.15, -0.1) is 11.3 Å². The Morgan fingerprint density at radius 3 is 2.73 bits per heavy atom. The van der Waals surface area contributed by atoms with Gasteiger partial charge >= 0.3 is 0 Å². The van der Waals surface area contributed by atoms with Crippen LogP contribution in [-0.2, 0) is 0 Å². The predicted octanol–water partition coefficient (Wildman–Crippen LogP) is 4.14. The molecule has 1 amide bonds. The van der Waals surface area contributed by atoms with Crippen LogP contribution in [-0.4, -0.2) is 41.3 Å². The molecule has 4 nitrogen and oxygen atoms in total. The first-order valence-corrected chi connectivity index (χ1v) is 9.41. The Morgan fingerprint density at radius 2 is 2.12 bits per heavy atom. The summed E-state index contributed by atoms with van der Waals surface area (Å²) >= 11 is 7.30. The summed E-state index contributed by atoms with van der Waals surface area (Å²) < 4.78 is 40.8. The van der Waals surface area contributed by atoms with Crippen LogP contribution in [0.5, 0.6) is 0 Å². The number of halogens is 4. The van der Waals surface area contributed by atoms with E-state index in [0.717, 1.165) is 6.07 Å². The fourth-order valence-electron chi connectivity index (χ4n) is 2.96. The molecule has 1 aliphatic heterocycles. The molecular formula is C17H17ClF3N3OS. The molecule has 0 aliphatic carbocycles. The zero-order chi connectivity index (χ0) is 18.7. The monoisotopic (exact) mass is 403 g/mol. The molecule has 1 aromatic carbocycles. The number of thiazole rings is 1. The van der Waals surface area contributed by atoms with Crippen molar-refractivity contribution in [3.63, 3.8) is 0 Å². The highest BCUT2D eigenvalue weighted by Gasteiger charge is 2.37. The number of piperidine rings is 1. The molecule has 140 valence electrons. The van der Waals surface area contributed by atoms with E-state index in [9.17, 15) is 18.0 Å². The first-order chi connectivity index (χ1) is 12.4. The molecule has 3 rings (SSSR count). The van der Waals surface area contributed by atoms with E-state index in [-0.39, 0.29) is 49.1 Å². The minimum absolute atomic E-state index is 0.0188. The molecule has 2 aromatic rings. The summed E-state index contributed by atoms with van der Waals surface area (Å²) in [6, 6.07) is 3.66. The van der Waals surface area contributed by atoms with Crippen molar-refractivity contribution in [2.75, 3.05) is 19.6 Å². The third-order valence-electron chi connectivity index (χ3n) is 4.41. The Balaban J connectivity index is 1.72. The zero-order valence-corrected chi connectivity index (χ0v) is 15.3. The topological polar surface area (TPSA) is 45.2 Å². The van der Waals surface area contributed by atoms with E-state index in [2.05, 4.69) is 10.3 Å². The van der Waals surface area contributed by atoms with Gasteiger partial charge in [-0.2, -0.15) is 0 Å². The van der Waals surface area contributed by atoms with Crippen molar-refractivity contribution in [2.24, 2.45) is 0 Å². The Labute approximate surface area is 158 Å². The molecule has 0 spiro atoms. The number of benzene rings is 1. The van der Waals surface area contributed by atoms with Gasteiger partial charge in [0, 0.05) is 37.9 Å². The van der Waals surface area contributed by atoms with Crippen molar-refractivity contribution in [3.05, 3.63) is 51.2 Å². The highest BCUT2D eigenvalue weighted by Crippen LogP contribution is 2.32. The van der Waals surface area contributed by atoms with Crippen molar-refractivity contribution in [2.45, 2.75) is 24.8 Å². The number of carbonyl (C=O) groups is 1. The van der Waals surface area contributed by atoms with Crippen LogP contribution in [0.2, 0.25) is 5.02 Å². The van der Waals surface area contributed by atoms with Crippen molar-refractivity contribution < 1.29 is 18.0 Å². The summed E-state index contributed by atoms with van der Waals surface area (Å²) in [5.41, 5.74) is 2.12. The molecular weight excluding hydrogens is 387 g/mol. The van der Waals surface area contributed by atoms with E-state index in [1.807, 2.05) is 10.3 Å². The van der Waals surface area contributed by atoms with E-state index in [1.54, 1.807) is 5.51 Å². The van der Waals surface area contributed by atoms with Gasteiger partial charge in [0.05, 0.1) is 27.8 Å². The summed E-state index contributed by atoms with van der Waals surface area (Å²) in [5.74, 6) is -4.01. The van der Waals surface area contributed by atoms with Gasteiger partial charge in [0.1, 0.15) is 5.82 Å². The average molecular weight is 404 g/mol. The number of nitrogens with one attached hydrogen (secondary N) is 1. The van der Waals surface area contributed by atoms with Crippen molar-refractivity contribution in [1.82, 2.24) is 15.2 Å². The molecule has 2 heterocycles. The van der Waals surface area contributed by atoms with E-state index in [0.29, 0.717) is 5.69 Å². The Hall–Kier alpha value is -1.64. The minimum Gasteiger partial charge on any atom is -0.350 e. The highest BCUT2D eigenvalue weighted by atomic mass is 35.5. The number of hydrogen-bond acceptors (Lipinski definition) is 4. The molecule has 1 atom stereocenters. The minimum atomic E-state index is -2.66. The largest absolute Gasteiger partial charge is 0.350 e. The second kappa shape index (κ2) is 7.94. The lowest BCUT2D eigenvalue weighted by Crippen LogP contribution is -2.45. The number of amides is 1. The second-order valence-electron chi connectivity index (χ2n) is 6.13. The van der Waals surface area contributed by atoms with Gasteiger partial charge in [-0.05, 0) is 12.1 Å². The van der Waals surface area contributed by atoms with Crippen LogP contribution in [0.25, 0.3) is 0 Å². The molecule has 1 N–H and O–H groups in total. The highest BCUT2D eigenvalue weighted by molar-refractivity contribution is 7.07. The van der Waals surface area contributed by atoms with Crippen LogP contribution in [0.4, 0.5) is 13.2 Å². The summed E-state index contributed by atoms with van der Waals surface area (Å²) in [6.45, 7) is 0.524. The Kier molecular flexibility index (Phi) is 5.84. The van der Waals surface area contributed by atoms with E-state index >= 15 is 0 Å². The van der Waals surface area contributed by atoms with E-state index < -0.39 is 17.6 Å². The molecule has 9 heteroatoms. The molecule has 26 heavy (non-hydrogen) atoms. The molecule has 1 aromatic heterocycles. The maximum Gasteiger partial charge on any atom is 0.255 e. The standard InChI is InChI=1S/C17H17ClF3N3OS/c18-11-2-1-3-12(19)15(11)16(25)22-8-14(13-9-26-10-23-13)24-6-4-17(20,21)5-7-24/h1-3,9-10,14H,4-8H2,(H,22,25). The van der Waals surface area contributed by atoms with Crippen LogP contribution >= 0.6 is 22.9 Å². The quantitative estimate of drug-likeness (QED) is 0.816. The summed E-state index contributed by atoms with van der Waals surface area (Å²) in [6.07, 6.45) is -0.471.